The molecule has 18 heavy (non-hydrogen) atoms. The number of hydrogen-bond acceptors (Lipinski definition) is 4. The first-order valence-corrected chi connectivity index (χ1v) is 6.54. The Labute approximate surface area is 108 Å². The lowest BCUT2D eigenvalue weighted by Crippen LogP contribution is -2.38. The Morgan fingerprint density at radius 1 is 1.39 bits per heavy atom. The number of carbonyl (C=O) groups is 1. The number of hydrogen-bond donors (Lipinski definition) is 3. The fraction of sp³-hybridized carbons (Fsp3) is 0.500. The normalized spacial score (nSPS) is 19.6. The van der Waals surface area contributed by atoms with Gasteiger partial charge in [-0.05, 0) is 30.5 Å². The van der Waals surface area contributed by atoms with Crippen LogP contribution in [0.4, 0.5) is 0 Å². The third-order valence-corrected chi connectivity index (χ3v) is 3.48. The summed E-state index contributed by atoms with van der Waals surface area (Å²) in [6, 6.07) is 7.40. The molecule has 0 saturated carbocycles. The molecule has 1 aliphatic heterocycles. The Bertz CT molecular complexity index is 419. The summed E-state index contributed by atoms with van der Waals surface area (Å²) < 4.78 is 0. The van der Waals surface area contributed by atoms with Crippen molar-refractivity contribution in [2.24, 2.45) is 11.5 Å². The molecular weight excluding hydrogens is 226 g/mol. The van der Waals surface area contributed by atoms with Crippen LogP contribution >= 0.6 is 0 Å². The van der Waals surface area contributed by atoms with Gasteiger partial charge in [0.1, 0.15) is 0 Å². The number of Topliss-reactive ketones (excluding diaryl/α,β-unsaturated/α-hetero) is 1. The van der Waals surface area contributed by atoms with E-state index in [1.807, 2.05) is 18.2 Å². The molecule has 0 aliphatic carbocycles. The van der Waals surface area contributed by atoms with Crippen molar-refractivity contribution >= 4 is 5.78 Å². The zero-order valence-electron chi connectivity index (χ0n) is 10.6. The van der Waals surface area contributed by atoms with Gasteiger partial charge in [0.2, 0.25) is 0 Å². The van der Waals surface area contributed by atoms with Crippen molar-refractivity contribution in [3.8, 4) is 0 Å². The van der Waals surface area contributed by atoms with Gasteiger partial charge in [0.25, 0.3) is 0 Å². The molecule has 1 aliphatic rings. The molecule has 98 valence electrons. The molecule has 1 heterocycles. The molecule has 5 N–H and O–H groups in total. The van der Waals surface area contributed by atoms with Gasteiger partial charge in [0, 0.05) is 6.54 Å². The third-order valence-electron chi connectivity index (χ3n) is 3.48. The molecule has 4 heteroatoms. The molecule has 2 rings (SSSR count). The third kappa shape index (κ3) is 2.77. The van der Waals surface area contributed by atoms with E-state index in [0.29, 0.717) is 6.54 Å². The lowest BCUT2D eigenvalue weighted by Gasteiger charge is -2.16. The van der Waals surface area contributed by atoms with E-state index < -0.39 is 0 Å². The van der Waals surface area contributed by atoms with Crippen molar-refractivity contribution in [3.63, 3.8) is 0 Å². The van der Waals surface area contributed by atoms with Crippen LogP contribution in [0.5, 0.6) is 0 Å². The fourth-order valence-corrected chi connectivity index (χ4v) is 2.42. The fourth-order valence-electron chi connectivity index (χ4n) is 2.42. The van der Waals surface area contributed by atoms with E-state index in [4.69, 9.17) is 11.5 Å². The van der Waals surface area contributed by atoms with Crippen LogP contribution in [0.1, 0.15) is 36.4 Å². The van der Waals surface area contributed by atoms with E-state index in [2.05, 4.69) is 11.4 Å². The van der Waals surface area contributed by atoms with Crippen LogP contribution in [0.15, 0.2) is 24.3 Å². The minimum Gasteiger partial charge on any atom is -0.330 e. The van der Waals surface area contributed by atoms with Crippen LogP contribution in [0, 0.1) is 0 Å². The largest absolute Gasteiger partial charge is 0.330 e. The number of nitrogens with one attached hydrogen (secondary N) is 1. The summed E-state index contributed by atoms with van der Waals surface area (Å²) in [6.45, 7) is 1.41. The number of carbonyl (C=O) groups excluding carboxylic acids is 1. The molecule has 1 unspecified atom stereocenters. The first-order chi connectivity index (χ1) is 8.74. The number of ketones is 1. The maximum atomic E-state index is 12.3. The van der Waals surface area contributed by atoms with Gasteiger partial charge in [0.05, 0.1) is 12.1 Å². The molecule has 0 aromatic heterocycles. The van der Waals surface area contributed by atoms with E-state index in [-0.39, 0.29) is 17.9 Å². The van der Waals surface area contributed by atoms with Gasteiger partial charge in [-0.3, -0.25) is 10.1 Å². The predicted molar refractivity (Wildman–Crippen MR) is 71.9 cm³/mol. The molecule has 2 atom stereocenters. The number of benzene rings is 1. The first-order valence-electron chi connectivity index (χ1n) is 6.54. The topological polar surface area (TPSA) is 81.1 Å². The van der Waals surface area contributed by atoms with Gasteiger partial charge in [-0.25, -0.2) is 0 Å². The lowest BCUT2D eigenvalue weighted by atomic mass is 9.95. The molecule has 1 aromatic rings. The summed E-state index contributed by atoms with van der Waals surface area (Å²) >= 11 is 0. The van der Waals surface area contributed by atoms with Crippen molar-refractivity contribution < 1.29 is 4.79 Å². The quantitative estimate of drug-likeness (QED) is 0.651. The first kappa shape index (κ1) is 13.2. The second-order valence-electron chi connectivity index (χ2n) is 4.81. The van der Waals surface area contributed by atoms with Crippen molar-refractivity contribution in [1.82, 2.24) is 5.32 Å². The maximum absolute atomic E-state index is 12.3. The van der Waals surface area contributed by atoms with E-state index in [0.717, 1.165) is 31.4 Å². The second kappa shape index (κ2) is 6.09. The average molecular weight is 247 g/mol. The summed E-state index contributed by atoms with van der Waals surface area (Å²) in [5, 5.41) is 3.24. The van der Waals surface area contributed by atoms with E-state index >= 15 is 0 Å². The SMILES string of the molecule is NCCCC[C@H](N)C(=O)C1NCc2ccccc21. The van der Waals surface area contributed by atoms with Gasteiger partial charge in [0.15, 0.2) is 5.78 Å². The van der Waals surface area contributed by atoms with E-state index in [9.17, 15) is 4.79 Å². The molecule has 4 nitrogen and oxygen atoms in total. The summed E-state index contributed by atoms with van der Waals surface area (Å²) in [7, 11) is 0. The van der Waals surface area contributed by atoms with Crippen LogP contribution in [-0.2, 0) is 11.3 Å². The molecular formula is C14H21N3O. The molecule has 0 bridgehead atoms. The Balaban J connectivity index is 1.98. The van der Waals surface area contributed by atoms with Crippen molar-refractivity contribution in [3.05, 3.63) is 35.4 Å². The van der Waals surface area contributed by atoms with Crippen molar-refractivity contribution in [2.75, 3.05) is 6.54 Å². The summed E-state index contributed by atoms with van der Waals surface area (Å²) in [5.74, 6) is 0.0944. The number of nitrogens with two attached hydrogens (primary N) is 2. The highest BCUT2D eigenvalue weighted by Crippen LogP contribution is 2.26. The predicted octanol–water partition coefficient (Wildman–Crippen LogP) is 0.856. The summed E-state index contributed by atoms with van der Waals surface area (Å²) in [4.78, 5) is 12.3. The summed E-state index contributed by atoms with van der Waals surface area (Å²) in [6.07, 6.45) is 2.56. The number of rotatable bonds is 6. The summed E-state index contributed by atoms with van der Waals surface area (Å²) in [5.41, 5.74) is 13.7. The second-order valence-corrected chi connectivity index (χ2v) is 4.81. The molecule has 0 radical (unpaired) electrons. The van der Waals surface area contributed by atoms with Crippen LogP contribution in [0.2, 0.25) is 0 Å². The molecule has 0 saturated heterocycles. The van der Waals surface area contributed by atoms with E-state index in [1.54, 1.807) is 0 Å². The van der Waals surface area contributed by atoms with E-state index in [1.165, 1.54) is 5.56 Å². The van der Waals surface area contributed by atoms with Crippen LogP contribution < -0.4 is 16.8 Å². The lowest BCUT2D eigenvalue weighted by molar-refractivity contribution is -0.122. The highest BCUT2D eigenvalue weighted by molar-refractivity contribution is 5.90. The Morgan fingerprint density at radius 3 is 2.94 bits per heavy atom. The zero-order valence-corrected chi connectivity index (χ0v) is 10.6. The van der Waals surface area contributed by atoms with Crippen molar-refractivity contribution in [1.29, 1.82) is 0 Å². The molecule has 0 fully saturated rings. The highest BCUT2D eigenvalue weighted by Gasteiger charge is 2.30. The van der Waals surface area contributed by atoms with Gasteiger partial charge in [-0.1, -0.05) is 30.7 Å². The van der Waals surface area contributed by atoms with Gasteiger partial charge in [-0.2, -0.15) is 0 Å². The molecule has 0 spiro atoms. The maximum Gasteiger partial charge on any atom is 0.170 e. The smallest absolute Gasteiger partial charge is 0.170 e. The number of fused-ring (bicyclic) bond motifs is 1. The monoisotopic (exact) mass is 247 g/mol. The minimum absolute atomic E-state index is 0.0944. The Hall–Kier alpha value is -1.23. The molecule has 1 aromatic carbocycles. The minimum atomic E-state index is -0.389. The van der Waals surface area contributed by atoms with Gasteiger partial charge >= 0.3 is 0 Å². The van der Waals surface area contributed by atoms with Gasteiger partial charge < -0.3 is 11.5 Å². The Kier molecular flexibility index (Phi) is 4.47. The zero-order chi connectivity index (χ0) is 13.0. The van der Waals surface area contributed by atoms with Crippen LogP contribution in [-0.4, -0.2) is 18.4 Å². The highest BCUT2D eigenvalue weighted by atomic mass is 16.1. The van der Waals surface area contributed by atoms with Crippen LogP contribution in [0.25, 0.3) is 0 Å². The standard InChI is InChI=1S/C14H21N3O/c15-8-4-3-7-12(16)14(18)13-11-6-2-1-5-10(11)9-17-13/h1-2,5-6,12-13,17H,3-4,7-9,15-16H2/t12-,13?/m0/s1. The average Bonchev–Trinajstić information content (AvgIpc) is 2.82. The van der Waals surface area contributed by atoms with Crippen LogP contribution in [0.3, 0.4) is 0 Å². The Morgan fingerprint density at radius 2 is 2.17 bits per heavy atom. The number of unbranched alkanes of at least 4 members (excludes halogenated alkanes) is 1. The van der Waals surface area contributed by atoms with Crippen molar-refractivity contribution in [2.45, 2.75) is 37.9 Å². The molecule has 0 amide bonds. The van der Waals surface area contributed by atoms with Gasteiger partial charge in [-0.15, -0.1) is 0 Å².